The van der Waals surface area contributed by atoms with Crippen molar-refractivity contribution in [2.24, 2.45) is 5.92 Å². The quantitative estimate of drug-likeness (QED) is 0.558. The number of para-hydroxylation sites is 1. The van der Waals surface area contributed by atoms with Crippen molar-refractivity contribution in [3.63, 3.8) is 0 Å². The molecule has 0 aromatic heterocycles. The number of hydrogen-bond acceptors (Lipinski definition) is 2. The third-order valence-corrected chi connectivity index (χ3v) is 6.20. The molecule has 2 aromatic rings. The molecule has 1 fully saturated rings. The monoisotopic (exact) mass is 392 g/mol. The molecule has 156 valence electrons. The Labute approximate surface area is 176 Å². The van der Waals surface area contributed by atoms with E-state index in [2.05, 4.69) is 59.2 Å². The molecule has 1 aliphatic heterocycles. The van der Waals surface area contributed by atoms with Gasteiger partial charge in [0, 0.05) is 37.8 Å². The van der Waals surface area contributed by atoms with Gasteiger partial charge in [-0.1, -0.05) is 75.2 Å². The van der Waals surface area contributed by atoms with Crippen molar-refractivity contribution < 1.29 is 4.79 Å². The SMILES string of the molecule is CCCC[C@@H]1CN(CCc2ccccc2)CC[C@H]1N(C(=O)CC)c1ccccc1. The molecule has 1 amide bonds. The van der Waals surface area contributed by atoms with Gasteiger partial charge in [0.15, 0.2) is 0 Å². The highest BCUT2D eigenvalue weighted by Gasteiger charge is 2.35. The lowest BCUT2D eigenvalue weighted by molar-refractivity contribution is -0.119. The molecule has 0 saturated carbocycles. The lowest BCUT2D eigenvalue weighted by Gasteiger charge is -2.44. The van der Waals surface area contributed by atoms with Gasteiger partial charge in [-0.05, 0) is 42.9 Å². The van der Waals surface area contributed by atoms with Crippen molar-refractivity contribution in [3.05, 3.63) is 66.2 Å². The van der Waals surface area contributed by atoms with Crippen LogP contribution in [0.1, 0.15) is 51.5 Å². The van der Waals surface area contributed by atoms with Gasteiger partial charge < -0.3 is 9.80 Å². The van der Waals surface area contributed by atoms with Gasteiger partial charge in [0.05, 0.1) is 0 Å². The summed E-state index contributed by atoms with van der Waals surface area (Å²) in [4.78, 5) is 17.7. The first-order valence-corrected chi connectivity index (χ1v) is 11.4. The third-order valence-electron chi connectivity index (χ3n) is 6.20. The second-order valence-electron chi connectivity index (χ2n) is 8.25. The first-order chi connectivity index (χ1) is 14.2. The number of nitrogens with zero attached hydrogens (tertiary/aromatic N) is 2. The van der Waals surface area contributed by atoms with E-state index in [0.29, 0.717) is 18.4 Å². The number of hydrogen-bond donors (Lipinski definition) is 0. The molecule has 3 rings (SSSR count). The van der Waals surface area contributed by atoms with Crippen LogP contribution in [-0.2, 0) is 11.2 Å². The summed E-state index contributed by atoms with van der Waals surface area (Å²) < 4.78 is 0. The second-order valence-corrected chi connectivity index (χ2v) is 8.25. The summed E-state index contributed by atoms with van der Waals surface area (Å²) >= 11 is 0. The molecule has 29 heavy (non-hydrogen) atoms. The van der Waals surface area contributed by atoms with Crippen LogP contribution in [0.4, 0.5) is 5.69 Å². The highest BCUT2D eigenvalue weighted by Crippen LogP contribution is 2.31. The van der Waals surface area contributed by atoms with E-state index in [4.69, 9.17) is 0 Å². The standard InChI is InChI=1S/C26H36N2O/c1-3-5-14-23-21-27(19-17-22-12-8-6-9-13-22)20-18-25(23)28(26(29)4-2)24-15-10-7-11-16-24/h6-13,15-16,23,25H,3-5,14,17-21H2,1-2H3/t23-,25-/m1/s1. The Hall–Kier alpha value is -2.13. The summed E-state index contributed by atoms with van der Waals surface area (Å²) in [5.41, 5.74) is 2.47. The van der Waals surface area contributed by atoms with E-state index in [0.717, 1.165) is 38.2 Å². The predicted octanol–water partition coefficient (Wildman–Crippen LogP) is 5.55. The maximum atomic E-state index is 12.9. The minimum atomic E-state index is 0.250. The van der Waals surface area contributed by atoms with Crippen LogP contribution in [0.3, 0.4) is 0 Å². The first-order valence-electron chi connectivity index (χ1n) is 11.4. The van der Waals surface area contributed by atoms with E-state index < -0.39 is 0 Å². The van der Waals surface area contributed by atoms with Crippen LogP contribution in [0.25, 0.3) is 0 Å². The minimum Gasteiger partial charge on any atom is -0.309 e. The zero-order valence-corrected chi connectivity index (χ0v) is 18.1. The first kappa shape index (κ1) is 21.6. The number of likely N-dealkylation sites (tertiary alicyclic amines) is 1. The van der Waals surface area contributed by atoms with Crippen molar-refractivity contribution in [1.82, 2.24) is 4.90 Å². The largest absolute Gasteiger partial charge is 0.309 e. The van der Waals surface area contributed by atoms with Crippen molar-refractivity contribution in [2.45, 2.75) is 58.4 Å². The third kappa shape index (κ3) is 5.93. The predicted molar refractivity (Wildman–Crippen MR) is 122 cm³/mol. The molecule has 2 aromatic carbocycles. The van der Waals surface area contributed by atoms with Gasteiger partial charge in [0.2, 0.25) is 5.91 Å². The van der Waals surface area contributed by atoms with E-state index >= 15 is 0 Å². The fraction of sp³-hybridized carbons (Fsp3) is 0.500. The molecule has 0 N–H and O–H groups in total. The van der Waals surface area contributed by atoms with E-state index in [1.807, 2.05) is 25.1 Å². The Morgan fingerprint density at radius 2 is 1.72 bits per heavy atom. The summed E-state index contributed by atoms with van der Waals surface area (Å²) in [5, 5.41) is 0. The molecule has 2 atom stereocenters. The maximum absolute atomic E-state index is 12.9. The topological polar surface area (TPSA) is 23.6 Å². The average molecular weight is 393 g/mol. The van der Waals surface area contributed by atoms with Crippen LogP contribution >= 0.6 is 0 Å². The molecule has 0 radical (unpaired) electrons. The summed E-state index contributed by atoms with van der Waals surface area (Å²) in [5.74, 6) is 0.788. The average Bonchev–Trinajstić information content (AvgIpc) is 2.78. The molecular formula is C26H36N2O. The van der Waals surface area contributed by atoms with Gasteiger partial charge in [0.1, 0.15) is 0 Å². The molecule has 0 bridgehead atoms. The fourth-order valence-corrected chi connectivity index (χ4v) is 4.60. The normalized spacial score (nSPS) is 19.8. The van der Waals surface area contributed by atoms with Crippen LogP contribution in [-0.4, -0.2) is 36.5 Å². The zero-order chi connectivity index (χ0) is 20.5. The highest BCUT2D eigenvalue weighted by molar-refractivity contribution is 5.93. The minimum absolute atomic E-state index is 0.250. The van der Waals surface area contributed by atoms with Crippen LogP contribution in [0.15, 0.2) is 60.7 Å². The van der Waals surface area contributed by atoms with Crippen LogP contribution in [0.2, 0.25) is 0 Å². The van der Waals surface area contributed by atoms with E-state index in [1.165, 1.54) is 24.8 Å². The van der Waals surface area contributed by atoms with Gasteiger partial charge in [0.25, 0.3) is 0 Å². The maximum Gasteiger partial charge on any atom is 0.226 e. The fourth-order valence-electron chi connectivity index (χ4n) is 4.60. The number of carbonyl (C=O) groups is 1. The number of carbonyl (C=O) groups excluding carboxylic acids is 1. The molecule has 0 spiro atoms. The second kappa shape index (κ2) is 11.2. The summed E-state index contributed by atoms with van der Waals surface area (Å²) in [6.45, 7) is 7.51. The smallest absolute Gasteiger partial charge is 0.226 e. The Morgan fingerprint density at radius 3 is 2.38 bits per heavy atom. The number of rotatable bonds is 9. The van der Waals surface area contributed by atoms with Crippen LogP contribution in [0.5, 0.6) is 0 Å². The van der Waals surface area contributed by atoms with Crippen molar-refractivity contribution in [3.8, 4) is 0 Å². The molecule has 0 aliphatic carbocycles. The van der Waals surface area contributed by atoms with E-state index in [9.17, 15) is 4.79 Å². The molecule has 1 heterocycles. The van der Waals surface area contributed by atoms with Crippen molar-refractivity contribution >= 4 is 11.6 Å². The summed E-state index contributed by atoms with van der Waals surface area (Å²) in [6, 6.07) is 21.4. The Bertz CT molecular complexity index is 731. The van der Waals surface area contributed by atoms with Gasteiger partial charge in [-0.15, -0.1) is 0 Å². The van der Waals surface area contributed by atoms with Gasteiger partial charge in [-0.2, -0.15) is 0 Å². The van der Waals surface area contributed by atoms with E-state index in [1.54, 1.807) is 0 Å². The number of benzene rings is 2. The number of anilines is 1. The van der Waals surface area contributed by atoms with Crippen LogP contribution in [0, 0.1) is 5.92 Å². The molecular weight excluding hydrogens is 356 g/mol. The summed E-state index contributed by atoms with van der Waals surface area (Å²) in [6.07, 6.45) is 6.36. The lowest BCUT2D eigenvalue weighted by Crippen LogP contribution is -2.53. The van der Waals surface area contributed by atoms with Gasteiger partial charge in [-0.25, -0.2) is 0 Å². The number of amides is 1. The van der Waals surface area contributed by atoms with Gasteiger partial charge >= 0.3 is 0 Å². The Kier molecular flexibility index (Phi) is 8.30. The van der Waals surface area contributed by atoms with Crippen molar-refractivity contribution in [2.75, 3.05) is 24.5 Å². The van der Waals surface area contributed by atoms with Crippen molar-refractivity contribution in [1.29, 1.82) is 0 Å². The Morgan fingerprint density at radius 1 is 1.03 bits per heavy atom. The number of unbranched alkanes of at least 4 members (excludes halogenated alkanes) is 1. The molecule has 0 unspecified atom stereocenters. The number of piperidine rings is 1. The molecule has 1 aliphatic rings. The highest BCUT2D eigenvalue weighted by atomic mass is 16.2. The van der Waals surface area contributed by atoms with Gasteiger partial charge in [-0.3, -0.25) is 4.79 Å². The van der Waals surface area contributed by atoms with Crippen LogP contribution < -0.4 is 4.90 Å². The van der Waals surface area contributed by atoms with E-state index in [-0.39, 0.29) is 5.91 Å². The lowest BCUT2D eigenvalue weighted by atomic mass is 9.86. The molecule has 3 nitrogen and oxygen atoms in total. The molecule has 3 heteroatoms. The Balaban J connectivity index is 1.72. The summed E-state index contributed by atoms with van der Waals surface area (Å²) in [7, 11) is 0. The molecule has 1 saturated heterocycles. The zero-order valence-electron chi connectivity index (χ0n) is 18.1.